The Balaban J connectivity index is 2.41. The number of hydrogen-bond acceptors (Lipinski definition) is 3. The van der Waals surface area contributed by atoms with E-state index < -0.39 is 11.7 Å². The lowest BCUT2D eigenvalue weighted by Gasteiger charge is -2.15. The van der Waals surface area contributed by atoms with Crippen molar-refractivity contribution in [3.63, 3.8) is 0 Å². The fraction of sp³-hybridized carbons (Fsp3) is 0.143. The first-order chi connectivity index (χ1) is 9.81. The number of methoxy groups -OCH3 is 1. The van der Waals surface area contributed by atoms with Crippen LogP contribution in [0.15, 0.2) is 40.9 Å². The molecule has 21 heavy (non-hydrogen) atoms. The van der Waals surface area contributed by atoms with Crippen LogP contribution in [0.4, 0.5) is 18.9 Å². The number of alkyl halides is 3. The Labute approximate surface area is 127 Å². The lowest BCUT2D eigenvalue weighted by Crippen LogP contribution is -2.07. The number of halogens is 4. The minimum absolute atomic E-state index is 0.124. The Morgan fingerprint density at radius 2 is 1.76 bits per heavy atom. The molecule has 0 amide bonds. The van der Waals surface area contributed by atoms with E-state index in [1.807, 2.05) is 0 Å². The number of anilines is 1. The maximum Gasteiger partial charge on any atom is 0.419 e. The average molecular weight is 362 g/mol. The number of benzene rings is 2. The molecule has 112 valence electrons. The summed E-state index contributed by atoms with van der Waals surface area (Å²) in [7, 11) is 1.46. The molecule has 0 saturated carbocycles. The Hall–Kier alpha value is -1.89. The van der Waals surface area contributed by atoms with Crippen LogP contribution in [0.1, 0.15) is 5.56 Å². The number of rotatable bonds is 3. The van der Waals surface area contributed by atoms with E-state index in [9.17, 15) is 13.2 Å². The highest BCUT2D eigenvalue weighted by Crippen LogP contribution is 2.41. The summed E-state index contributed by atoms with van der Waals surface area (Å²) in [4.78, 5) is 0. The number of nitrogens with two attached hydrogens (primary N) is 1. The third-order valence-electron chi connectivity index (χ3n) is 2.69. The van der Waals surface area contributed by atoms with Crippen molar-refractivity contribution in [3.8, 4) is 17.2 Å². The van der Waals surface area contributed by atoms with Crippen molar-refractivity contribution in [3.05, 3.63) is 46.4 Å². The van der Waals surface area contributed by atoms with Crippen LogP contribution in [0.2, 0.25) is 0 Å². The minimum atomic E-state index is -4.52. The molecule has 0 aliphatic heterocycles. The highest BCUT2D eigenvalue weighted by atomic mass is 79.9. The van der Waals surface area contributed by atoms with Gasteiger partial charge in [0.25, 0.3) is 0 Å². The van der Waals surface area contributed by atoms with Crippen LogP contribution in [-0.2, 0) is 6.18 Å². The van der Waals surface area contributed by atoms with E-state index in [0.717, 1.165) is 6.07 Å². The van der Waals surface area contributed by atoms with Crippen LogP contribution in [0.5, 0.6) is 17.2 Å². The Bertz CT molecular complexity index is 659. The van der Waals surface area contributed by atoms with Gasteiger partial charge in [0.2, 0.25) is 0 Å². The zero-order valence-corrected chi connectivity index (χ0v) is 12.5. The summed E-state index contributed by atoms with van der Waals surface area (Å²) in [5.74, 6) is 0.290. The molecule has 0 fully saturated rings. The van der Waals surface area contributed by atoms with Gasteiger partial charge in [0.1, 0.15) is 11.5 Å². The average Bonchev–Trinajstić information content (AvgIpc) is 2.39. The smallest absolute Gasteiger partial charge is 0.419 e. The van der Waals surface area contributed by atoms with Crippen molar-refractivity contribution in [2.24, 2.45) is 0 Å². The fourth-order valence-corrected chi connectivity index (χ4v) is 2.02. The van der Waals surface area contributed by atoms with Gasteiger partial charge < -0.3 is 15.2 Å². The third kappa shape index (κ3) is 3.60. The van der Waals surface area contributed by atoms with Gasteiger partial charge in [-0.3, -0.25) is 0 Å². The third-order valence-corrected chi connectivity index (χ3v) is 3.18. The van der Waals surface area contributed by atoms with Crippen molar-refractivity contribution in [2.75, 3.05) is 12.8 Å². The van der Waals surface area contributed by atoms with E-state index in [2.05, 4.69) is 15.9 Å². The van der Waals surface area contributed by atoms with Gasteiger partial charge in [0.15, 0.2) is 5.75 Å². The largest absolute Gasteiger partial charge is 0.497 e. The molecule has 0 unspecified atom stereocenters. The highest BCUT2D eigenvalue weighted by molar-refractivity contribution is 9.10. The van der Waals surface area contributed by atoms with Gasteiger partial charge in [0.05, 0.1) is 18.4 Å². The molecule has 0 spiro atoms. The molecule has 7 heteroatoms. The standard InChI is InChI=1S/C14H11BrF3NO2/c1-20-9-3-5-12(11(19)7-9)21-13-6-8(15)2-4-10(13)14(16,17)18/h2-7H,19H2,1H3. The van der Waals surface area contributed by atoms with Gasteiger partial charge in [-0.2, -0.15) is 13.2 Å². The summed E-state index contributed by atoms with van der Waals surface area (Å²) in [6, 6.07) is 7.96. The zero-order valence-electron chi connectivity index (χ0n) is 10.9. The molecule has 2 aromatic rings. The van der Waals surface area contributed by atoms with Crippen LogP contribution < -0.4 is 15.2 Å². The topological polar surface area (TPSA) is 44.5 Å². The summed E-state index contributed by atoms with van der Waals surface area (Å²) in [6.07, 6.45) is -4.52. The van der Waals surface area contributed by atoms with E-state index >= 15 is 0 Å². The second-order valence-corrected chi connectivity index (χ2v) is 5.06. The van der Waals surface area contributed by atoms with Gasteiger partial charge >= 0.3 is 6.18 Å². The van der Waals surface area contributed by atoms with Gasteiger partial charge in [-0.1, -0.05) is 15.9 Å². The molecule has 0 saturated heterocycles. The number of hydrogen-bond donors (Lipinski definition) is 1. The molecule has 0 bridgehead atoms. The summed E-state index contributed by atoms with van der Waals surface area (Å²) in [5.41, 5.74) is 5.05. The minimum Gasteiger partial charge on any atom is -0.497 e. The summed E-state index contributed by atoms with van der Waals surface area (Å²) < 4.78 is 49.6. The second kappa shape index (κ2) is 5.85. The van der Waals surface area contributed by atoms with E-state index in [1.54, 1.807) is 6.07 Å². The van der Waals surface area contributed by atoms with Crippen LogP contribution in [0.25, 0.3) is 0 Å². The Morgan fingerprint density at radius 1 is 1.05 bits per heavy atom. The van der Waals surface area contributed by atoms with Crippen molar-refractivity contribution in [2.45, 2.75) is 6.18 Å². The van der Waals surface area contributed by atoms with Crippen LogP contribution in [0, 0.1) is 0 Å². The first-order valence-electron chi connectivity index (χ1n) is 5.79. The van der Waals surface area contributed by atoms with E-state index in [-0.39, 0.29) is 17.2 Å². The molecular weight excluding hydrogens is 351 g/mol. The quantitative estimate of drug-likeness (QED) is 0.794. The zero-order chi connectivity index (χ0) is 15.6. The SMILES string of the molecule is COc1ccc(Oc2cc(Br)ccc2C(F)(F)F)c(N)c1. The lowest BCUT2D eigenvalue weighted by atomic mass is 10.2. The molecule has 0 heterocycles. The maximum absolute atomic E-state index is 13.0. The molecule has 0 aliphatic carbocycles. The highest BCUT2D eigenvalue weighted by Gasteiger charge is 2.34. The normalized spacial score (nSPS) is 11.3. The molecule has 3 nitrogen and oxygen atoms in total. The molecular formula is C14H11BrF3NO2. The van der Waals surface area contributed by atoms with Crippen LogP contribution in [0.3, 0.4) is 0 Å². The van der Waals surface area contributed by atoms with Gasteiger partial charge in [0, 0.05) is 10.5 Å². The van der Waals surface area contributed by atoms with Gasteiger partial charge in [-0.05, 0) is 30.3 Å². The number of nitrogen functional groups attached to an aromatic ring is 1. The van der Waals surface area contributed by atoms with Crippen LogP contribution in [-0.4, -0.2) is 7.11 Å². The van der Waals surface area contributed by atoms with Crippen molar-refractivity contribution in [1.82, 2.24) is 0 Å². The van der Waals surface area contributed by atoms with Crippen LogP contribution >= 0.6 is 15.9 Å². The predicted molar refractivity (Wildman–Crippen MR) is 76.6 cm³/mol. The van der Waals surface area contributed by atoms with Crippen molar-refractivity contribution >= 4 is 21.6 Å². The lowest BCUT2D eigenvalue weighted by molar-refractivity contribution is -0.138. The van der Waals surface area contributed by atoms with E-state index in [1.165, 1.54) is 31.4 Å². The molecule has 2 aromatic carbocycles. The molecule has 0 aliphatic rings. The first kappa shape index (κ1) is 15.5. The second-order valence-electron chi connectivity index (χ2n) is 4.14. The molecule has 0 aromatic heterocycles. The number of ether oxygens (including phenoxy) is 2. The van der Waals surface area contributed by atoms with Crippen molar-refractivity contribution < 1.29 is 22.6 Å². The first-order valence-corrected chi connectivity index (χ1v) is 6.58. The van der Waals surface area contributed by atoms with Gasteiger partial charge in [-0.25, -0.2) is 0 Å². The maximum atomic E-state index is 13.0. The molecule has 2 rings (SSSR count). The summed E-state index contributed by atoms with van der Waals surface area (Å²) >= 11 is 3.12. The molecule has 2 N–H and O–H groups in total. The Morgan fingerprint density at radius 3 is 2.33 bits per heavy atom. The van der Waals surface area contributed by atoms with E-state index in [0.29, 0.717) is 10.2 Å². The summed E-state index contributed by atoms with van der Waals surface area (Å²) in [6.45, 7) is 0. The summed E-state index contributed by atoms with van der Waals surface area (Å²) in [5, 5.41) is 0. The fourth-order valence-electron chi connectivity index (χ4n) is 1.68. The predicted octanol–water partition coefficient (Wildman–Crippen LogP) is 4.85. The van der Waals surface area contributed by atoms with E-state index in [4.69, 9.17) is 15.2 Å². The molecule has 0 atom stereocenters. The van der Waals surface area contributed by atoms with Crippen molar-refractivity contribution in [1.29, 1.82) is 0 Å². The van der Waals surface area contributed by atoms with Gasteiger partial charge in [-0.15, -0.1) is 0 Å². The monoisotopic (exact) mass is 361 g/mol. The molecule has 0 radical (unpaired) electrons. The Kier molecular flexibility index (Phi) is 4.32.